The molecule has 0 bridgehead atoms. The lowest BCUT2D eigenvalue weighted by atomic mass is 10.2. The molecule has 4 N–H and O–H groups in total. The van der Waals surface area contributed by atoms with Crippen molar-refractivity contribution in [1.82, 2.24) is 0 Å². The zero-order valence-electron chi connectivity index (χ0n) is 14.0. The zero-order chi connectivity index (χ0) is 17.9. The van der Waals surface area contributed by atoms with Crippen molar-refractivity contribution in [3.63, 3.8) is 0 Å². The van der Waals surface area contributed by atoms with Gasteiger partial charge in [-0.25, -0.2) is 0 Å². The average molecular weight is 341 g/mol. The number of amides is 2. The summed E-state index contributed by atoms with van der Waals surface area (Å²) in [6, 6.07) is 16.5. The van der Waals surface area contributed by atoms with Crippen LogP contribution in [0.25, 0.3) is 0 Å². The van der Waals surface area contributed by atoms with Crippen LogP contribution in [0.2, 0.25) is 0 Å². The molecule has 0 heterocycles. The highest BCUT2D eigenvalue weighted by atomic mass is 16.5. The molecule has 0 spiro atoms. The third-order valence-corrected chi connectivity index (χ3v) is 3.41. The predicted octanol–water partition coefficient (Wildman–Crippen LogP) is 2.77. The number of carbonyl (C=O) groups excluding carboxylic acids is 2. The maximum absolute atomic E-state index is 12.1. The van der Waals surface area contributed by atoms with E-state index in [-0.39, 0.29) is 24.8 Å². The van der Waals surface area contributed by atoms with Gasteiger partial charge in [0.15, 0.2) is 0 Å². The van der Waals surface area contributed by atoms with Crippen LogP contribution < -0.4 is 21.1 Å². The van der Waals surface area contributed by atoms with Gasteiger partial charge >= 0.3 is 0 Å². The van der Waals surface area contributed by atoms with Crippen molar-refractivity contribution in [2.45, 2.75) is 19.3 Å². The number of benzene rings is 2. The molecule has 2 aromatic carbocycles. The minimum absolute atomic E-state index is 0.128. The molecule has 0 aliphatic heterocycles. The first-order chi connectivity index (χ1) is 12.2. The van der Waals surface area contributed by atoms with E-state index in [0.717, 1.165) is 5.75 Å². The van der Waals surface area contributed by atoms with Gasteiger partial charge in [-0.1, -0.05) is 30.3 Å². The fourth-order valence-electron chi connectivity index (χ4n) is 2.20. The number of hydrogen-bond donors (Lipinski definition) is 3. The molecule has 25 heavy (non-hydrogen) atoms. The molecule has 6 nitrogen and oxygen atoms in total. The summed E-state index contributed by atoms with van der Waals surface area (Å²) in [7, 11) is 0. The monoisotopic (exact) mass is 341 g/mol. The van der Waals surface area contributed by atoms with Crippen LogP contribution in [0, 0.1) is 0 Å². The quantitative estimate of drug-likeness (QED) is 0.611. The van der Waals surface area contributed by atoms with E-state index in [1.807, 2.05) is 30.3 Å². The summed E-state index contributed by atoms with van der Waals surface area (Å²) in [6.07, 6.45) is 1.17. The van der Waals surface area contributed by atoms with E-state index in [0.29, 0.717) is 30.8 Å². The molecular formula is C19H23N3O3. The van der Waals surface area contributed by atoms with E-state index >= 15 is 0 Å². The Kier molecular flexibility index (Phi) is 7.46. The van der Waals surface area contributed by atoms with Gasteiger partial charge in [0.2, 0.25) is 11.8 Å². The molecule has 0 radical (unpaired) electrons. The second-order valence-electron chi connectivity index (χ2n) is 5.45. The van der Waals surface area contributed by atoms with Crippen molar-refractivity contribution >= 4 is 23.2 Å². The number of carbonyl (C=O) groups is 2. The van der Waals surface area contributed by atoms with Gasteiger partial charge in [-0.15, -0.1) is 0 Å². The number of rotatable bonds is 9. The molecule has 0 atom stereocenters. The largest absolute Gasteiger partial charge is 0.494 e. The number of anilines is 2. The van der Waals surface area contributed by atoms with Gasteiger partial charge in [-0.3, -0.25) is 9.59 Å². The standard InChI is InChI=1S/C19H23N3O3/c20-13-12-19(24)22-17-10-5-4-9-16(17)21-18(23)11-6-14-25-15-7-2-1-3-8-15/h1-5,7-10H,6,11-14,20H2,(H,21,23)(H,22,24). The maximum atomic E-state index is 12.1. The van der Waals surface area contributed by atoms with Crippen LogP contribution >= 0.6 is 0 Å². The fraction of sp³-hybridized carbons (Fsp3) is 0.263. The minimum Gasteiger partial charge on any atom is -0.494 e. The first-order valence-corrected chi connectivity index (χ1v) is 8.25. The van der Waals surface area contributed by atoms with Gasteiger partial charge < -0.3 is 21.1 Å². The predicted molar refractivity (Wildman–Crippen MR) is 98.5 cm³/mol. The molecular weight excluding hydrogens is 318 g/mol. The Morgan fingerprint density at radius 3 is 2.00 bits per heavy atom. The lowest BCUT2D eigenvalue weighted by Crippen LogP contribution is -2.19. The number of nitrogens with two attached hydrogens (primary N) is 1. The number of para-hydroxylation sites is 3. The van der Waals surface area contributed by atoms with E-state index in [9.17, 15) is 9.59 Å². The molecule has 2 amide bonds. The molecule has 0 saturated carbocycles. The van der Waals surface area contributed by atoms with Gasteiger partial charge in [0.05, 0.1) is 18.0 Å². The molecule has 0 saturated heterocycles. The molecule has 6 heteroatoms. The van der Waals surface area contributed by atoms with Crippen molar-refractivity contribution in [3.8, 4) is 5.75 Å². The Labute approximate surface area is 147 Å². The van der Waals surface area contributed by atoms with Gasteiger partial charge in [0, 0.05) is 19.4 Å². The first-order valence-electron chi connectivity index (χ1n) is 8.25. The summed E-state index contributed by atoms with van der Waals surface area (Å²) < 4.78 is 5.56. The molecule has 132 valence electrons. The summed E-state index contributed by atoms with van der Waals surface area (Å²) in [4.78, 5) is 23.8. The van der Waals surface area contributed by atoms with Gasteiger partial charge in [0.1, 0.15) is 5.75 Å². The van der Waals surface area contributed by atoms with Gasteiger partial charge in [-0.05, 0) is 30.7 Å². The maximum Gasteiger partial charge on any atom is 0.225 e. The minimum atomic E-state index is -0.180. The first kappa shape index (κ1) is 18.5. The van der Waals surface area contributed by atoms with Crippen LogP contribution in [-0.2, 0) is 9.59 Å². The summed E-state index contributed by atoms with van der Waals surface area (Å²) in [5.74, 6) is 0.480. The fourth-order valence-corrected chi connectivity index (χ4v) is 2.20. The topological polar surface area (TPSA) is 93.5 Å². The molecule has 0 fully saturated rings. The summed E-state index contributed by atoms with van der Waals surface area (Å²) in [6.45, 7) is 0.744. The lowest BCUT2D eigenvalue weighted by molar-refractivity contribution is -0.117. The number of hydrogen-bond acceptors (Lipinski definition) is 4. The molecule has 2 aromatic rings. The van der Waals surface area contributed by atoms with E-state index < -0.39 is 0 Å². The molecule has 0 aliphatic rings. The molecule has 0 aromatic heterocycles. The van der Waals surface area contributed by atoms with Gasteiger partial charge in [-0.2, -0.15) is 0 Å². The number of nitrogens with one attached hydrogen (secondary N) is 2. The van der Waals surface area contributed by atoms with Crippen molar-refractivity contribution in [2.75, 3.05) is 23.8 Å². The van der Waals surface area contributed by atoms with Crippen molar-refractivity contribution < 1.29 is 14.3 Å². The Morgan fingerprint density at radius 1 is 0.840 bits per heavy atom. The highest BCUT2D eigenvalue weighted by Gasteiger charge is 2.09. The third-order valence-electron chi connectivity index (χ3n) is 3.41. The Hall–Kier alpha value is -2.86. The van der Waals surface area contributed by atoms with Crippen LogP contribution in [0.4, 0.5) is 11.4 Å². The van der Waals surface area contributed by atoms with Crippen molar-refractivity contribution in [1.29, 1.82) is 0 Å². The highest BCUT2D eigenvalue weighted by Crippen LogP contribution is 2.21. The Bertz CT molecular complexity index is 689. The Balaban J connectivity index is 1.79. The van der Waals surface area contributed by atoms with Crippen LogP contribution in [-0.4, -0.2) is 25.0 Å². The van der Waals surface area contributed by atoms with E-state index in [1.54, 1.807) is 24.3 Å². The lowest BCUT2D eigenvalue weighted by Gasteiger charge is -2.12. The van der Waals surface area contributed by atoms with Crippen LogP contribution in [0.5, 0.6) is 5.75 Å². The van der Waals surface area contributed by atoms with E-state index in [1.165, 1.54) is 0 Å². The molecule has 2 rings (SSSR count). The highest BCUT2D eigenvalue weighted by molar-refractivity contribution is 5.99. The molecule has 0 unspecified atom stereocenters. The molecule has 0 aliphatic carbocycles. The second-order valence-corrected chi connectivity index (χ2v) is 5.45. The third kappa shape index (κ3) is 6.64. The summed E-state index contributed by atoms with van der Waals surface area (Å²) in [5.41, 5.74) is 6.51. The van der Waals surface area contributed by atoms with E-state index in [2.05, 4.69) is 10.6 Å². The van der Waals surface area contributed by atoms with Crippen molar-refractivity contribution in [2.24, 2.45) is 5.73 Å². The van der Waals surface area contributed by atoms with Gasteiger partial charge in [0.25, 0.3) is 0 Å². The van der Waals surface area contributed by atoms with Crippen LogP contribution in [0.15, 0.2) is 54.6 Å². The average Bonchev–Trinajstić information content (AvgIpc) is 2.61. The van der Waals surface area contributed by atoms with Crippen LogP contribution in [0.3, 0.4) is 0 Å². The normalized spacial score (nSPS) is 10.1. The summed E-state index contributed by atoms with van der Waals surface area (Å²) in [5, 5.41) is 5.56. The van der Waals surface area contributed by atoms with Crippen molar-refractivity contribution in [3.05, 3.63) is 54.6 Å². The van der Waals surface area contributed by atoms with E-state index in [4.69, 9.17) is 10.5 Å². The smallest absolute Gasteiger partial charge is 0.225 e. The summed E-state index contributed by atoms with van der Waals surface area (Å²) >= 11 is 0. The zero-order valence-corrected chi connectivity index (χ0v) is 14.0. The van der Waals surface area contributed by atoms with Crippen LogP contribution in [0.1, 0.15) is 19.3 Å². The Morgan fingerprint density at radius 2 is 1.40 bits per heavy atom. The number of ether oxygens (including phenoxy) is 1. The second kappa shape index (κ2) is 10.1. The SMILES string of the molecule is NCCC(=O)Nc1ccccc1NC(=O)CCCOc1ccccc1.